The average molecular weight is 543 g/mol. The van der Waals surface area contributed by atoms with Crippen LogP contribution in [0.5, 0.6) is 5.75 Å². The van der Waals surface area contributed by atoms with Crippen LogP contribution in [0, 0.1) is 5.92 Å². The maximum absolute atomic E-state index is 13.0. The fourth-order valence-corrected chi connectivity index (χ4v) is 5.06. The third kappa shape index (κ3) is 8.18. The van der Waals surface area contributed by atoms with Crippen LogP contribution in [-0.2, 0) is 32.1 Å². The smallest absolute Gasteiger partial charge is 0.328 e. The Labute approximate surface area is 236 Å². The van der Waals surface area contributed by atoms with E-state index in [1.165, 1.54) is 7.11 Å². The van der Waals surface area contributed by atoms with Crippen LogP contribution in [0.2, 0.25) is 0 Å². The highest BCUT2D eigenvalue weighted by atomic mass is 16.5. The van der Waals surface area contributed by atoms with Gasteiger partial charge in [-0.3, -0.25) is 9.59 Å². The predicted octanol–water partition coefficient (Wildman–Crippen LogP) is 4.90. The highest BCUT2D eigenvalue weighted by molar-refractivity contribution is 5.85. The molecule has 1 saturated heterocycles. The second kappa shape index (κ2) is 14.3. The SMILES string of the molecule is COC(=O)C(Cc1ccc(OCc2ccccc2)cc1)NC(=O)CC1CCN(C(=O)C(C)c2ccccc2)CC1. The zero-order valence-electron chi connectivity index (χ0n) is 23.3. The lowest BCUT2D eigenvalue weighted by atomic mass is 9.91. The number of esters is 1. The number of hydrogen-bond donors (Lipinski definition) is 1. The van der Waals surface area contributed by atoms with E-state index in [1.54, 1.807) is 0 Å². The van der Waals surface area contributed by atoms with Gasteiger partial charge in [-0.2, -0.15) is 0 Å². The van der Waals surface area contributed by atoms with Gasteiger partial charge >= 0.3 is 5.97 Å². The van der Waals surface area contributed by atoms with Gasteiger partial charge in [0.05, 0.1) is 13.0 Å². The van der Waals surface area contributed by atoms with Gasteiger partial charge < -0.3 is 19.7 Å². The van der Waals surface area contributed by atoms with Crippen LogP contribution < -0.4 is 10.1 Å². The first kappa shape index (κ1) is 28.9. The van der Waals surface area contributed by atoms with Crippen LogP contribution in [0.1, 0.15) is 48.8 Å². The first-order chi connectivity index (χ1) is 19.4. The first-order valence-electron chi connectivity index (χ1n) is 13.9. The lowest BCUT2D eigenvalue weighted by molar-refractivity contribution is -0.145. The van der Waals surface area contributed by atoms with Crippen molar-refractivity contribution in [2.24, 2.45) is 5.92 Å². The molecular formula is C33H38N2O5. The van der Waals surface area contributed by atoms with E-state index in [1.807, 2.05) is 96.8 Å². The number of nitrogens with one attached hydrogen (secondary N) is 1. The summed E-state index contributed by atoms with van der Waals surface area (Å²) in [5.74, 6) is 0.168. The Morgan fingerprint density at radius 3 is 2.12 bits per heavy atom. The molecule has 4 rings (SSSR count). The summed E-state index contributed by atoms with van der Waals surface area (Å²) in [5.41, 5.74) is 2.98. The molecule has 7 heteroatoms. The van der Waals surface area contributed by atoms with E-state index in [-0.39, 0.29) is 23.7 Å². The number of rotatable bonds is 11. The normalized spacial score (nSPS) is 15.1. The Hall–Kier alpha value is -4.13. The Kier molecular flexibility index (Phi) is 10.3. The highest BCUT2D eigenvalue weighted by Crippen LogP contribution is 2.25. The molecule has 0 saturated carbocycles. The topological polar surface area (TPSA) is 84.9 Å². The number of methoxy groups -OCH3 is 1. The predicted molar refractivity (Wildman–Crippen MR) is 154 cm³/mol. The second-order valence-electron chi connectivity index (χ2n) is 10.4. The van der Waals surface area contributed by atoms with Crippen molar-refractivity contribution in [2.45, 2.75) is 51.2 Å². The molecule has 3 aromatic carbocycles. The van der Waals surface area contributed by atoms with Gasteiger partial charge in [0.15, 0.2) is 0 Å². The summed E-state index contributed by atoms with van der Waals surface area (Å²) in [6.07, 6.45) is 2.15. The van der Waals surface area contributed by atoms with Crippen LogP contribution in [0.4, 0.5) is 0 Å². The lowest BCUT2D eigenvalue weighted by Crippen LogP contribution is -2.45. The minimum absolute atomic E-state index is 0.122. The number of hydrogen-bond acceptors (Lipinski definition) is 5. The summed E-state index contributed by atoms with van der Waals surface area (Å²) >= 11 is 0. The summed E-state index contributed by atoms with van der Waals surface area (Å²) < 4.78 is 10.8. The fourth-order valence-electron chi connectivity index (χ4n) is 5.06. The summed E-state index contributed by atoms with van der Waals surface area (Å²) in [5, 5.41) is 2.87. The van der Waals surface area contributed by atoms with E-state index in [2.05, 4.69) is 5.32 Å². The molecule has 1 fully saturated rings. The molecule has 0 bridgehead atoms. The van der Waals surface area contributed by atoms with Gasteiger partial charge in [0, 0.05) is 25.9 Å². The third-order valence-electron chi connectivity index (χ3n) is 7.50. The number of ether oxygens (including phenoxy) is 2. The van der Waals surface area contributed by atoms with Crippen molar-refractivity contribution < 1.29 is 23.9 Å². The van der Waals surface area contributed by atoms with E-state index in [0.29, 0.717) is 32.5 Å². The monoisotopic (exact) mass is 542 g/mol. The van der Waals surface area contributed by atoms with E-state index < -0.39 is 12.0 Å². The summed E-state index contributed by atoms with van der Waals surface area (Å²) in [7, 11) is 1.32. The van der Waals surface area contributed by atoms with Crippen LogP contribution in [0.25, 0.3) is 0 Å². The van der Waals surface area contributed by atoms with Crippen LogP contribution >= 0.6 is 0 Å². The Morgan fingerprint density at radius 1 is 0.875 bits per heavy atom. The largest absolute Gasteiger partial charge is 0.489 e. The van der Waals surface area contributed by atoms with Crippen molar-refractivity contribution in [1.29, 1.82) is 0 Å². The summed E-state index contributed by atoms with van der Waals surface area (Å²) in [6.45, 7) is 3.68. The van der Waals surface area contributed by atoms with Gasteiger partial charge in [-0.1, -0.05) is 72.8 Å². The van der Waals surface area contributed by atoms with Crippen molar-refractivity contribution in [1.82, 2.24) is 10.2 Å². The molecule has 2 atom stereocenters. The first-order valence-corrected chi connectivity index (χ1v) is 13.9. The summed E-state index contributed by atoms with van der Waals surface area (Å²) in [4.78, 5) is 40.2. The maximum atomic E-state index is 13.0. The van der Waals surface area contributed by atoms with Gasteiger partial charge in [0.2, 0.25) is 11.8 Å². The molecule has 40 heavy (non-hydrogen) atoms. The van der Waals surface area contributed by atoms with Gasteiger partial charge in [-0.25, -0.2) is 4.79 Å². The fraction of sp³-hybridized carbons (Fsp3) is 0.364. The third-order valence-corrected chi connectivity index (χ3v) is 7.50. The number of benzene rings is 3. The highest BCUT2D eigenvalue weighted by Gasteiger charge is 2.29. The van der Waals surface area contributed by atoms with Gasteiger partial charge in [0.1, 0.15) is 18.4 Å². The standard InChI is InChI=1S/C33H38N2O5/c1-24(28-11-7-4-8-12-28)32(37)35-19-17-26(18-20-35)22-31(36)34-30(33(38)39-2)21-25-13-15-29(16-14-25)40-23-27-9-5-3-6-10-27/h3-16,24,26,30H,17-23H2,1-2H3,(H,34,36). The molecule has 210 valence electrons. The van der Waals surface area contributed by atoms with Crippen molar-refractivity contribution in [3.8, 4) is 5.75 Å². The Morgan fingerprint density at radius 2 is 1.50 bits per heavy atom. The molecule has 2 amide bonds. The van der Waals surface area contributed by atoms with E-state index in [4.69, 9.17) is 9.47 Å². The van der Waals surface area contributed by atoms with Crippen molar-refractivity contribution in [2.75, 3.05) is 20.2 Å². The molecule has 2 unspecified atom stereocenters. The second-order valence-corrected chi connectivity index (χ2v) is 10.4. The molecule has 7 nitrogen and oxygen atoms in total. The van der Waals surface area contributed by atoms with Gasteiger partial charge in [0.25, 0.3) is 0 Å². The lowest BCUT2D eigenvalue weighted by Gasteiger charge is -2.33. The molecule has 1 aliphatic rings. The van der Waals surface area contributed by atoms with Crippen molar-refractivity contribution in [3.05, 3.63) is 102 Å². The molecule has 3 aromatic rings. The van der Waals surface area contributed by atoms with Crippen LogP contribution in [-0.4, -0.2) is 48.9 Å². The molecule has 0 aliphatic carbocycles. The van der Waals surface area contributed by atoms with Crippen LogP contribution in [0.3, 0.4) is 0 Å². The summed E-state index contributed by atoms with van der Waals surface area (Å²) in [6, 6.07) is 26.5. The quantitative estimate of drug-likeness (QED) is 0.349. The zero-order chi connectivity index (χ0) is 28.3. The minimum Gasteiger partial charge on any atom is -0.489 e. The Balaban J connectivity index is 1.24. The van der Waals surface area contributed by atoms with Crippen LogP contribution in [0.15, 0.2) is 84.9 Å². The molecule has 1 N–H and O–H groups in total. The van der Waals surface area contributed by atoms with Gasteiger partial charge in [-0.15, -0.1) is 0 Å². The molecule has 0 spiro atoms. The number of carbonyl (C=O) groups excluding carboxylic acids is 3. The number of amides is 2. The molecule has 0 aromatic heterocycles. The van der Waals surface area contributed by atoms with Gasteiger partial charge in [-0.05, 0) is 54.5 Å². The molecule has 0 radical (unpaired) electrons. The van der Waals surface area contributed by atoms with E-state index >= 15 is 0 Å². The van der Waals surface area contributed by atoms with Crippen molar-refractivity contribution in [3.63, 3.8) is 0 Å². The minimum atomic E-state index is -0.776. The zero-order valence-corrected chi connectivity index (χ0v) is 23.3. The Bertz CT molecular complexity index is 1240. The number of likely N-dealkylation sites (tertiary alicyclic amines) is 1. The molecular weight excluding hydrogens is 504 g/mol. The number of piperidine rings is 1. The van der Waals surface area contributed by atoms with Crippen molar-refractivity contribution >= 4 is 17.8 Å². The number of nitrogens with zero attached hydrogens (tertiary/aromatic N) is 1. The molecule has 1 heterocycles. The number of carbonyl (C=O) groups is 3. The van der Waals surface area contributed by atoms with E-state index in [9.17, 15) is 14.4 Å². The van der Waals surface area contributed by atoms with E-state index in [0.717, 1.165) is 35.3 Å². The molecule has 1 aliphatic heterocycles. The maximum Gasteiger partial charge on any atom is 0.328 e. The average Bonchev–Trinajstić information content (AvgIpc) is 3.00.